The molecule has 2 saturated carbocycles. The summed E-state index contributed by atoms with van der Waals surface area (Å²) >= 11 is 0. The van der Waals surface area contributed by atoms with Gasteiger partial charge in [0.1, 0.15) is 0 Å². The smallest absolute Gasteiger partial charge is 0.227 e. The molecule has 2 aliphatic rings. The van der Waals surface area contributed by atoms with Gasteiger partial charge in [-0.1, -0.05) is 37.8 Å². The molecule has 2 fully saturated rings. The lowest BCUT2D eigenvalue weighted by molar-refractivity contribution is -0.122. The zero-order valence-corrected chi connectivity index (χ0v) is 15.2. The van der Waals surface area contributed by atoms with Gasteiger partial charge in [0.25, 0.3) is 0 Å². The van der Waals surface area contributed by atoms with Crippen molar-refractivity contribution in [2.24, 2.45) is 10.9 Å². The second kappa shape index (κ2) is 8.88. The number of aliphatic imine (C=N–C) groups is 1. The Hall–Kier alpha value is -2.04. The van der Waals surface area contributed by atoms with E-state index in [2.05, 4.69) is 27.0 Å². The highest BCUT2D eigenvalue weighted by Gasteiger charge is 2.25. The van der Waals surface area contributed by atoms with Crippen molar-refractivity contribution >= 4 is 17.6 Å². The molecule has 0 radical (unpaired) electrons. The molecule has 0 bridgehead atoms. The van der Waals surface area contributed by atoms with E-state index in [0.717, 1.165) is 30.1 Å². The topological polar surface area (TPSA) is 65.5 Å². The molecule has 136 valence electrons. The van der Waals surface area contributed by atoms with Crippen LogP contribution in [-0.4, -0.2) is 25.0 Å². The molecule has 1 aromatic rings. The standard InChI is InChI=1S/C20H30N4O/c1-21-20(24-17-10-3-2-4-11-17)22-14-15-7-5-12-18(13-15)23-19(25)16-8-6-9-16/h5,7,12-13,16-17H,2-4,6,8-11,14H2,1H3,(H,23,25)(H2,21,22,24). The predicted octanol–water partition coefficient (Wildman–Crippen LogP) is 3.42. The summed E-state index contributed by atoms with van der Waals surface area (Å²) in [5, 5.41) is 9.95. The summed E-state index contributed by atoms with van der Waals surface area (Å²) < 4.78 is 0. The molecule has 0 saturated heterocycles. The molecule has 0 atom stereocenters. The maximum Gasteiger partial charge on any atom is 0.227 e. The first-order valence-electron chi connectivity index (χ1n) is 9.61. The van der Waals surface area contributed by atoms with Gasteiger partial charge in [0.05, 0.1) is 0 Å². The molecule has 0 aliphatic heterocycles. The molecule has 1 aromatic carbocycles. The average Bonchev–Trinajstić information content (AvgIpc) is 2.58. The summed E-state index contributed by atoms with van der Waals surface area (Å²) in [7, 11) is 1.81. The highest BCUT2D eigenvalue weighted by atomic mass is 16.1. The number of amides is 1. The van der Waals surface area contributed by atoms with Crippen molar-refractivity contribution in [2.45, 2.75) is 64.0 Å². The van der Waals surface area contributed by atoms with E-state index in [4.69, 9.17) is 0 Å². The minimum absolute atomic E-state index is 0.158. The molecule has 1 amide bonds. The summed E-state index contributed by atoms with van der Waals surface area (Å²) in [4.78, 5) is 16.4. The molecule has 5 nitrogen and oxygen atoms in total. The van der Waals surface area contributed by atoms with E-state index in [1.807, 2.05) is 25.2 Å². The van der Waals surface area contributed by atoms with Gasteiger partial charge in [0.2, 0.25) is 5.91 Å². The third kappa shape index (κ3) is 5.21. The van der Waals surface area contributed by atoms with E-state index in [9.17, 15) is 4.79 Å². The summed E-state index contributed by atoms with van der Waals surface area (Å²) in [5.41, 5.74) is 2.02. The Balaban J connectivity index is 1.49. The number of nitrogens with one attached hydrogen (secondary N) is 3. The summed E-state index contributed by atoms with van der Waals surface area (Å²) in [5.74, 6) is 1.22. The molecule has 2 aliphatic carbocycles. The van der Waals surface area contributed by atoms with Crippen LogP contribution < -0.4 is 16.0 Å². The Morgan fingerprint density at radius 3 is 2.60 bits per heavy atom. The van der Waals surface area contributed by atoms with Crippen molar-refractivity contribution in [3.05, 3.63) is 29.8 Å². The van der Waals surface area contributed by atoms with Crippen molar-refractivity contribution < 1.29 is 4.79 Å². The van der Waals surface area contributed by atoms with E-state index < -0.39 is 0 Å². The fourth-order valence-electron chi connectivity index (χ4n) is 3.49. The van der Waals surface area contributed by atoms with Crippen molar-refractivity contribution in [3.63, 3.8) is 0 Å². The van der Waals surface area contributed by atoms with Crippen LogP contribution in [0.3, 0.4) is 0 Å². The molecule has 3 rings (SSSR count). The van der Waals surface area contributed by atoms with Gasteiger partial charge in [-0.25, -0.2) is 0 Å². The molecule has 3 N–H and O–H groups in total. The second-order valence-corrected chi connectivity index (χ2v) is 7.22. The Labute approximate surface area is 150 Å². The van der Waals surface area contributed by atoms with Gasteiger partial charge in [0, 0.05) is 31.2 Å². The quantitative estimate of drug-likeness (QED) is 0.567. The summed E-state index contributed by atoms with van der Waals surface area (Å²) in [6.07, 6.45) is 9.63. The first-order chi connectivity index (χ1) is 12.2. The Bertz CT molecular complexity index is 603. The van der Waals surface area contributed by atoms with E-state index in [1.54, 1.807) is 0 Å². The van der Waals surface area contributed by atoms with Crippen LogP contribution in [0.1, 0.15) is 56.9 Å². The lowest BCUT2D eigenvalue weighted by Gasteiger charge is -2.25. The monoisotopic (exact) mass is 342 g/mol. The van der Waals surface area contributed by atoms with E-state index in [-0.39, 0.29) is 11.8 Å². The maximum atomic E-state index is 12.1. The lowest BCUT2D eigenvalue weighted by Crippen LogP contribution is -2.43. The minimum Gasteiger partial charge on any atom is -0.354 e. The van der Waals surface area contributed by atoms with Crippen molar-refractivity contribution in [1.29, 1.82) is 0 Å². The van der Waals surface area contributed by atoms with E-state index in [1.165, 1.54) is 38.5 Å². The average molecular weight is 342 g/mol. The fraction of sp³-hybridized carbons (Fsp3) is 0.600. The fourth-order valence-corrected chi connectivity index (χ4v) is 3.49. The highest BCUT2D eigenvalue weighted by Crippen LogP contribution is 2.27. The lowest BCUT2D eigenvalue weighted by atomic mass is 9.85. The SMILES string of the molecule is CN=C(NCc1cccc(NC(=O)C2CCC2)c1)NC1CCCCC1. The number of hydrogen-bond acceptors (Lipinski definition) is 2. The van der Waals surface area contributed by atoms with Crippen LogP contribution in [-0.2, 0) is 11.3 Å². The molecule has 0 aromatic heterocycles. The maximum absolute atomic E-state index is 12.1. The van der Waals surface area contributed by atoms with Crippen LogP contribution in [0.4, 0.5) is 5.69 Å². The van der Waals surface area contributed by atoms with Crippen LogP contribution >= 0.6 is 0 Å². The number of rotatable bonds is 5. The first kappa shape index (κ1) is 17.8. The predicted molar refractivity (Wildman–Crippen MR) is 103 cm³/mol. The van der Waals surface area contributed by atoms with Crippen molar-refractivity contribution in [2.75, 3.05) is 12.4 Å². The van der Waals surface area contributed by atoms with Gasteiger partial charge >= 0.3 is 0 Å². The van der Waals surface area contributed by atoms with Crippen LogP contribution in [0.2, 0.25) is 0 Å². The molecule has 0 unspecified atom stereocenters. The zero-order valence-electron chi connectivity index (χ0n) is 15.2. The number of benzene rings is 1. The van der Waals surface area contributed by atoms with Gasteiger partial charge in [-0.3, -0.25) is 9.79 Å². The second-order valence-electron chi connectivity index (χ2n) is 7.22. The van der Waals surface area contributed by atoms with Gasteiger partial charge < -0.3 is 16.0 Å². The van der Waals surface area contributed by atoms with Crippen molar-refractivity contribution in [3.8, 4) is 0 Å². The molecule has 0 spiro atoms. The summed E-state index contributed by atoms with van der Waals surface area (Å²) in [6, 6.07) is 8.59. The number of anilines is 1. The Morgan fingerprint density at radius 1 is 1.12 bits per heavy atom. The number of nitrogens with zero attached hydrogens (tertiary/aromatic N) is 1. The third-order valence-electron chi connectivity index (χ3n) is 5.30. The largest absolute Gasteiger partial charge is 0.354 e. The van der Waals surface area contributed by atoms with Gasteiger partial charge in [-0.2, -0.15) is 0 Å². The van der Waals surface area contributed by atoms with E-state index >= 15 is 0 Å². The molecular formula is C20H30N4O. The highest BCUT2D eigenvalue weighted by molar-refractivity contribution is 5.93. The minimum atomic E-state index is 0.158. The molecule has 0 heterocycles. The first-order valence-corrected chi connectivity index (χ1v) is 9.61. The van der Waals surface area contributed by atoms with Crippen LogP contribution in [0.5, 0.6) is 0 Å². The van der Waals surface area contributed by atoms with Gasteiger partial charge in [-0.05, 0) is 43.4 Å². The van der Waals surface area contributed by atoms with Crippen LogP contribution in [0, 0.1) is 5.92 Å². The molecular weight excluding hydrogens is 312 g/mol. The van der Waals surface area contributed by atoms with Crippen LogP contribution in [0.15, 0.2) is 29.3 Å². The van der Waals surface area contributed by atoms with Crippen molar-refractivity contribution in [1.82, 2.24) is 10.6 Å². The zero-order chi connectivity index (χ0) is 17.5. The number of carbonyl (C=O) groups is 1. The number of guanidine groups is 1. The molecule has 25 heavy (non-hydrogen) atoms. The number of carbonyl (C=O) groups excluding carboxylic acids is 1. The van der Waals surface area contributed by atoms with E-state index in [0.29, 0.717) is 12.6 Å². The normalized spacial score (nSPS) is 19.2. The van der Waals surface area contributed by atoms with Gasteiger partial charge in [0.15, 0.2) is 5.96 Å². The van der Waals surface area contributed by atoms with Crippen LogP contribution in [0.25, 0.3) is 0 Å². The Morgan fingerprint density at radius 2 is 1.92 bits per heavy atom. The third-order valence-corrected chi connectivity index (χ3v) is 5.30. The van der Waals surface area contributed by atoms with Gasteiger partial charge in [-0.15, -0.1) is 0 Å². The number of hydrogen-bond donors (Lipinski definition) is 3. The summed E-state index contributed by atoms with van der Waals surface area (Å²) in [6.45, 7) is 0.694. The Kier molecular flexibility index (Phi) is 6.31. The molecule has 5 heteroatoms.